The smallest absolute Gasteiger partial charge is 0.339 e. The molecule has 0 saturated carbocycles. The number of nitrogens with one attached hydrogen (secondary N) is 1. The highest BCUT2D eigenvalue weighted by molar-refractivity contribution is 14.1. The quantitative estimate of drug-likeness (QED) is 0.123. The van der Waals surface area contributed by atoms with Gasteiger partial charge in [0.05, 0.1) is 34.5 Å². The molecule has 0 spiro atoms. The number of hydrogen-bond acceptors (Lipinski definition) is 9. The summed E-state index contributed by atoms with van der Waals surface area (Å²) in [6.45, 7) is 1.88. The molecule has 0 aromatic heterocycles. The van der Waals surface area contributed by atoms with Gasteiger partial charge in [0.1, 0.15) is 10.6 Å². The Morgan fingerprint density at radius 3 is 2.33 bits per heavy atom. The van der Waals surface area contributed by atoms with Gasteiger partial charge in [0.15, 0.2) is 11.5 Å². The Hall–Kier alpha value is -3.72. The molecule has 1 amide bonds. The summed E-state index contributed by atoms with van der Waals surface area (Å²) in [5.74, 6) is -0.0315. The topological polar surface area (TPSA) is 146 Å². The molecule has 36 heavy (non-hydrogen) atoms. The second kappa shape index (κ2) is 11.3. The van der Waals surface area contributed by atoms with E-state index in [0.29, 0.717) is 20.4 Å². The van der Waals surface area contributed by atoms with E-state index in [-0.39, 0.29) is 22.1 Å². The van der Waals surface area contributed by atoms with Gasteiger partial charge in [-0.25, -0.2) is 5.43 Å². The molecule has 13 heteroatoms. The first-order chi connectivity index (χ1) is 17.1. The average molecular weight is 625 g/mol. The van der Waals surface area contributed by atoms with Crippen LogP contribution in [0.5, 0.6) is 17.2 Å². The van der Waals surface area contributed by atoms with Crippen molar-refractivity contribution in [1.29, 1.82) is 0 Å². The molecule has 1 N–H and O–H groups in total. The fourth-order valence-electron chi connectivity index (χ4n) is 3.00. The molecule has 0 aliphatic carbocycles. The van der Waals surface area contributed by atoms with Gasteiger partial charge in [-0.05, 0) is 77.0 Å². The highest BCUT2D eigenvalue weighted by Gasteiger charge is 2.23. The predicted molar refractivity (Wildman–Crippen MR) is 139 cm³/mol. The summed E-state index contributed by atoms with van der Waals surface area (Å²) in [7, 11) is -1.50. The van der Waals surface area contributed by atoms with E-state index < -0.39 is 20.9 Å². The molecular formula is C23H20IN3O8S. The van der Waals surface area contributed by atoms with Crippen molar-refractivity contribution in [2.24, 2.45) is 5.10 Å². The van der Waals surface area contributed by atoms with Crippen LogP contribution in [0.3, 0.4) is 0 Å². The lowest BCUT2D eigenvalue weighted by molar-refractivity contribution is -0.384. The molecular weight excluding hydrogens is 605 g/mol. The summed E-state index contributed by atoms with van der Waals surface area (Å²) in [4.78, 5) is 22.4. The largest absolute Gasteiger partial charge is 0.496 e. The predicted octanol–water partition coefficient (Wildman–Crippen LogP) is 4.06. The van der Waals surface area contributed by atoms with Crippen LogP contribution in [0.1, 0.15) is 21.5 Å². The first-order valence-electron chi connectivity index (χ1n) is 10.1. The number of hydrazone groups is 1. The molecule has 0 radical (unpaired) electrons. The Morgan fingerprint density at radius 1 is 1.06 bits per heavy atom. The van der Waals surface area contributed by atoms with Crippen molar-refractivity contribution < 1.29 is 31.8 Å². The van der Waals surface area contributed by atoms with E-state index in [1.165, 1.54) is 26.5 Å². The molecule has 0 atom stereocenters. The van der Waals surface area contributed by atoms with Gasteiger partial charge in [-0.15, -0.1) is 0 Å². The van der Waals surface area contributed by atoms with Crippen LogP contribution in [-0.4, -0.2) is 39.7 Å². The summed E-state index contributed by atoms with van der Waals surface area (Å²) in [6.07, 6.45) is 1.36. The van der Waals surface area contributed by atoms with Crippen LogP contribution < -0.4 is 19.1 Å². The summed E-state index contributed by atoms with van der Waals surface area (Å²) >= 11 is 1.87. The Bertz CT molecular complexity index is 1440. The number of nitro benzene ring substituents is 1. The van der Waals surface area contributed by atoms with E-state index in [2.05, 4.69) is 10.5 Å². The number of carbonyl (C=O) groups is 1. The molecule has 0 aliphatic heterocycles. The van der Waals surface area contributed by atoms with Crippen LogP contribution in [-0.2, 0) is 10.1 Å². The van der Waals surface area contributed by atoms with E-state index in [4.69, 9.17) is 13.7 Å². The van der Waals surface area contributed by atoms with E-state index in [1.54, 1.807) is 24.3 Å². The van der Waals surface area contributed by atoms with Gasteiger partial charge >= 0.3 is 10.1 Å². The number of rotatable bonds is 9. The summed E-state index contributed by atoms with van der Waals surface area (Å²) in [6, 6.07) is 12.5. The van der Waals surface area contributed by atoms with Crippen LogP contribution in [0, 0.1) is 20.6 Å². The average Bonchev–Trinajstić information content (AvgIpc) is 2.85. The van der Waals surface area contributed by atoms with Crippen molar-refractivity contribution in [3.63, 3.8) is 0 Å². The molecule has 0 aliphatic rings. The van der Waals surface area contributed by atoms with Crippen molar-refractivity contribution in [3.8, 4) is 17.2 Å². The third-order valence-corrected chi connectivity index (χ3v) is 6.80. The van der Waals surface area contributed by atoms with E-state index in [0.717, 1.165) is 29.8 Å². The molecule has 0 unspecified atom stereocenters. The number of ether oxygens (including phenoxy) is 2. The molecule has 0 heterocycles. The van der Waals surface area contributed by atoms with Gasteiger partial charge in [-0.2, -0.15) is 13.5 Å². The lowest BCUT2D eigenvalue weighted by Gasteiger charge is -2.13. The number of benzene rings is 3. The lowest BCUT2D eigenvalue weighted by Crippen LogP contribution is -2.18. The number of nitro groups is 1. The molecule has 3 aromatic rings. The minimum atomic E-state index is -4.30. The normalized spacial score (nSPS) is 11.2. The maximum Gasteiger partial charge on any atom is 0.339 e. The molecule has 0 bridgehead atoms. The standard InChI is InChI=1S/C23H20IN3O8S/c1-14-4-9-18(20(10-14)33-2)23(28)26-25-13-15-11-19(24)22(21(12-15)34-3)35-36(31,32)17-7-5-16(6-8-17)27(29)30/h4-13H,1-3H3,(H,26,28)/b25-13-. The molecule has 0 fully saturated rings. The number of halogens is 1. The summed E-state index contributed by atoms with van der Waals surface area (Å²) < 4.78 is 41.6. The number of aryl methyl sites for hydroxylation is 1. The molecule has 0 saturated heterocycles. The third-order valence-electron chi connectivity index (χ3n) is 4.76. The lowest BCUT2D eigenvalue weighted by atomic mass is 10.1. The molecule has 188 valence electrons. The minimum Gasteiger partial charge on any atom is -0.496 e. The van der Waals surface area contributed by atoms with Gasteiger partial charge in [0, 0.05) is 12.1 Å². The number of nitrogens with zero attached hydrogens (tertiary/aromatic N) is 2. The summed E-state index contributed by atoms with van der Waals surface area (Å²) in [5, 5.41) is 14.8. The number of non-ortho nitro benzene ring substituents is 1. The summed E-state index contributed by atoms with van der Waals surface area (Å²) in [5.41, 5.74) is 3.91. The van der Waals surface area contributed by atoms with Crippen molar-refractivity contribution >= 4 is 50.5 Å². The van der Waals surface area contributed by atoms with Gasteiger partial charge in [-0.3, -0.25) is 14.9 Å². The zero-order valence-electron chi connectivity index (χ0n) is 19.2. The number of carbonyl (C=O) groups excluding carboxylic acids is 1. The fourth-order valence-corrected chi connectivity index (χ4v) is 4.84. The first kappa shape index (κ1) is 26.9. The fraction of sp³-hybridized carbons (Fsp3) is 0.130. The van der Waals surface area contributed by atoms with E-state index >= 15 is 0 Å². The molecule has 3 aromatic carbocycles. The van der Waals surface area contributed by atoms with Gasteiger partial charge in [-0.1, -0.05) is 6.07 Å². The molecule has 3 rings (SSSR count). The first-order valence-corrected chi connectivity index (χ1v) is 12.6. The number of hydrogen-bond donors (Lipinski definition) is 1. The van der Waals surface area contributed by atoms with E-state index in [9.17, 15) is 23.3 Å². The zero-order chi connectivity index (χ0) is 26.5. The van der Waals surface area contributed by atoms with Crippen LogP contribution in [0.2, 0.25) is 0 Å². The Kier molecular flexibility index (Phi) is 8.47. The van der Waals surface area contributed by atoms with E-state index in [1.807, 2.05) is 29.5 Å². The Morgan fingerprint density at radius 2 is 1.72 bits per heavy atom. The van der Waals surface area contributed by atoms with Gasteiger partial charge in [0.25, 0.3) is 11.6 Å². The van der Waals surface area contributed by atoms with Gasteiger partial charge in [0.2, 0.25) is 0 Å². The van der Waals surface area contributed by atoms with Crippen molar-refractivity contribution in [3.05, 3.63) is 85.0 Å². The van der Waals surface area contributed by atoms with Crippen molar-refractivity contribution in [2.45, 2.75) is 11.8 Å². The van der Waals surface area contributed by atoms with Crippen molar-refractivity contribution in [2.75, 3.05) is 14.2 Å². The van der Waals surface area contributed by atoms with Gasteiger partial charge < -0.3 is 13.7 Å². The highest BCUT2D eigenvalue weighted by atomic mass is 127. The Balaban J connectivity index is 1.80. The SMILES string of the molecule is COc1cc(C)ccc1C(=O)N/N=C\c1cc(I)c(OS(=O)(=O)c2ccc([N+](=O)[O-])cc2)c(OC)c1. The molecule has 11 nitrogen and oxygen atoms in total. The third kappa shape index (κ3) is 6.28. The van der Waals surface area contributed by atoms with Crippen LogP contribution in [0.25, 0.3) is 0 Å². The number of methoxy groups -OCH3 is 2. The van der Waals surface area contributed by atoms with Crippen LogP contribution in [0.15, 0.2) is 64.6 Å². The second-order valence-electron chi connectivity index (χ2n) is 7.23. The zero-order valence-corrected chi connectivity index (χ0v) is 22.2. The maximum absolute atomic E-state index is 12.7. The van der Waals surface area contributed by atoms with Crippen molar-refractivity contribution in [1.82, 2.24) is 5.43 Å². The Labute approximate surface area is 220 Å². The second-order valence-corrected chi connectivity index (χ2v) is 9.93. The minimum absolute atomic E-state index is 0.0676. The van der Waals surface area contributed by atoms with Crippen LogP contribution >= 0.6 is 22.6 Å². The number of amides is 1. The maximum atomic E-state index is 12.7. The highest BCUT2D eigenvalue weighted by Crippen LogP contribution is 2.36. The monoisotopic (exact) mass is 625 g/mol. The van der Waals surface area contributed by atoms with Crippen LogP contribution in [0.4, 0.5) is 5.69 Å².